The first-order valence-electron chi connectivity index (χ1n) is 8.92. The Hall–Kier alpha value is -3.13. The number of fused-ring (bicyclic) bond motifs is 2. The zero-order chi connectivity index (χ0) is 18.4. The topological polar surface area (TPSA) is 71.2 Å². The molecule has 0 spiro atoms. The van der Waals surface area contributed by atoms with Gasteiger partial charge in [-0.05, 0) is 31.2 Å². The number of benzene rings is 1. The first-order chi connectivity index (χ1) is 13.2. The summed E-state index contributed by atoms with van der Waals surface area (Å²) in [6.45, 7) is 5.12. The van der Waals surface area contributed by atoms with Crippen LogP contribution in [0, 0.1) is 5.82 Å². The summed E-state index contributed by atoms with van der Waals surface area (Å²) in [5.41, 5.74) is 2.77. The van der Waals surface area contributed by atoms with Crippen molar-refractivity contribution in [2.45, 2.75) is 13.0 Å². The van der Waals surface area contributed by atoms with Crippen molar-refractivity contribution in [3.8, 4) is 11.4 Å². The van der Waals surface area contributed by atoms with Gasteiger partial charge in [-0.15, -0.1) is 10.2 Å². The molecule has 0 bridgehead atoms. The molecule has 7 nitrogen and oxygen atoms in total. The molecule has 4 aromatic rings. The fourth-order valence-electron chi connectivity index (χ4n) is 3.54. The van der Waals surface area contributed by atoms with Crippen molar-refractivity contribution in [2.75, 3.05) is 24.5 Å². The molecule has 3 aromatic heterocycles. The van der Waals surface area contributed by atoms with Gasteiger partial charge in [-0.25, -0.2) is 14.4 Å². The van der Waals surface area contributed by atoms with Crippen LogP contribution in [-0.2, 0) is 0 Å². The predicted molar refractivity (Wildman–Crippen MR) is 101 cm³/mol. The van der Waals surface area contributed by atoms with Crippen molar-refractivity contribution in [1.29, 1.82) is 0 Å². The molecule has 8 heteroatoms. The van der Waals surface area contributed by atoms with Gasteiger partial charge < -0.3 is 10.2 Å². The smallest absolute Gasteiger partial charge is 0.196 e. The second-order valence-electron chi connectivity index (χ2n) is 6.88. The summed E-state index contributed by atoms with van der Waals surface area (Å²) in [6, 6.07) is 8.05. The normalized spacial score (nSPS) is 17.7. The van der Waals surface area contributed by atoms with E-state index in [0.29, 0.717) is 17.4 Å². The van der Waals surface area contributed by atoms with Gasteiger partial charge in [0.05, 0.1) is 5.52 Å². The number of nitrogens with zero attached hydrogens (tertiary/aromatic N) is 6. The lowest BCUT2D eigenvalue weighted by Crippen LogP contribution is -2.49. The largest absolute Gasteiger partial charge is 0.369 e. The Morgan fingerprint density at radius 1 is 1.26 bits per heavy atom. The molecule has 1 aliphatic heterocycles. The van der Waals surface area contributed by atoms with Gasteiger partial charge >= 0.3 is 0 Å². The Kier molecular flexibility index (Phi) is 3.71. The highest BCUT2D eigenvalue weighted by Crippen LogP contribution is 2.24. The third kappa shape index (κ3) is 2.87. The summed E-state index contributed by atoms with van der Waals surface area (Å²) in [5, 5.41) is 11.9. The molecule has 136 valence electrons. The van der Waals surface area contributed by atoms with Gasteiger partial charge in [-0.1, -0.05) is 0 Å². The number of halogens is 1. The van der Waals surface area contributed by atoms with Crippen LogP contribution in [0.4, 0.5) is 10.1 Å². The molecule has 0 aliphatic carbocycles. The lowest BCUT2D eigenvalue weighted by Gasteiger charge is -2.33. The van der Waals surface area contributed by atoms with Gasteiger partial charge in [0.1, 0.15) is 6.33 Å². The van der Waals surface area contributed by atoms with Crippen LogP contribution in [-0.4, -0.2) is 50.2 Å². The number of rotatable bonds is 2. The van der Waals surface area contributed by atoms with Gasteiger partial charge in [0.15, 0.2) is 17.3 Å². The molecular weight excluding hydrogens is 345 g/mol. The fourth-order valence-corrected chi connectivity index (χ4v) is 3.54. The van der Waals surface area contributed by atoms with Crippen molar-refractivity contribution in [3.63, 3.8) is 0 Å². The van der Waals surface area contributed by atoms with E-state index in [4.69, 9.17) is 0 Å². The van der Waals surface area contributed by atoms with E-state index < -0.39 is 5.82 Å². The van der Waals surface area contributed by atoms with E-state index >= 15 is 0 Å². The average Bonchev–Trinajstić information content (AvgIpc) is 3.16. The SMILES string of the molecule is CC1CN(c2ccc3nc(-c4cc(F)c5nncn5c4)ncc3c2)CCN1. The molecule has 27 heavy (non-hydrogen) atoms. The molecule has 1 aliphatic rings. The highest BCUT2D eigenvalue weighted by Gasteiger charge is 2.16. The van der Waals surface area contributed by atoms with E-state index in [1.165, 1.54) is 22.5 Å². The second-order valence-corrected chi connectivity index (χ2v) is 6.88. The molecule has 1 aromatic carbocycles. The predicted octanol–water partition coefficient (Wildman–Crippen LogP) is 2.28. The van der Waals surface area contributed by atoms with Crippen molar-refractivity contribution < 1.29 is 4.39 Å². The van der Waals surface area contributed by atoms with E-state index in [2.05, 4.69) is 49.4 Å². The summed E-state index contributed by atoms with van der Waals surface area (Å²) in [7, 11) is 0. The Morgan fingerprint density at radius 3 is 3.07 bits per heavy atom. The maximum atomic E-state index is 14.2. The van der Waals surface area contributed by atoms with Gasteiger partial charge in [0.2, 0.25) is 0 Å². The maximum absolute atomic E-state index is 14.2. The van der Waals surface area contributed by atoms with Gasteiger partial charge in [0.25, 0.3) is 0 Å². The summed E-state index contributed by atoms with van der Waals surface area (Å²) >= 11 is 0. The molecule has 5 rings (SSSR count). The summed E-state index contributed by atoms with van der Waals surface area (Å²) < 4.78 is 15.7. The van der Waals surface area contributed by atoms with Crippen molar-refractivity contribution in [1.82, 2.24) is 29.9 Å². The van der Waals surface area contributed by atoms with Crippen molar-refractivity contribution >= 4 is 22.2 Å². The van der Waals surface area contributed by atoms with E-state index in [9.17, 15) is 4.39 Å². The van der Waals surface area contributed by atoms with E-state index in [-0.39, 0.29) is 5.65 Å². The zero-order valence-electron chi connectivity index (χ0n) is 14.8. The second kappa shape index (κ2) is 6.24. The van der Waals surface area contributed by atoms with Crippen LogP contribution in [0.15, 0.2) is 43.0 Å². The van der Waals surface area contributed by atoms with Crippen LogP contribution in [0.5, 0.6) is 0 Å². The first kappa shape index (κ1) is 16.1. The van der Waals surface area contributed by atoms with Crippen LogP contribution in [0.25, 0.3) is 27.9 Å². The minimum atomic E-state index is -0.447. The minimum absolute atomic E-state index is 0.189. The number of nitrogens with one attached hydrogen (secondary N) is 1. The minimum Gasteiger partial charge on any atom is -0.369 e. The molecular formula is C19H18FN7. The third-order valence-electron chi connectivity index (χ3n) is 4.90. The number of hydrogen-bond donors (Lipinski definition) is 1. The fraction of sp³-hybridized carbons (Fsp3) is 0.263. The third-order valence-corrected chi connectivity index (χ3v) is 4.90. The Labute approximate surface area is 154 Å². The van der Waals surface area contributed by atoms with Crippen molar-refractivity contribution in [2.24, 2.45) is 0 Å². The van der Waals surface area contributed by atoms with Gasteiger partial charge in [-0.3, -0.25) is 4.40 Å². The Morgan fingerprint density at radius 2 is 2.19 bits per heavy atom. The maximum Gasteiger partial charge on any atom is 0.196 e. The molecule has 1 saturated heterocycles. The van der Waals surface area contributed by atoms with Gasteiger partial charge in [0, 0.05) is 54.7 Å². The monoisotopic (exact) mass is 363 g/mol. The van der Waals surface area contributed by atoms with E-state index in [0.717, 1.165) is 30.5 Å². The zero-order valence-corrected chi connectivity index (χ0v) is 14.8. The first-order valence-corrected chi connectivity index (χ1v) is 8.92. The molecule has 0 amide bonds. The number of aromatic nitrogens is 5. The molecule has 1 N–H and O–H groups in total. The number of pyridine rings is 1. The average molecular weight is 363 g/mol. The van der Waals surface area contributed by atoms with Gasteiger partial charge in [-0.2, -0.15) is 0 Å². The number of hydrogen-bond acceptors (Lipinski definition) is 6. The summed E-state index contributed by atoms with van der Waals surface area (Å²) in [4.78, 5) is 11.4. The molecule has 0 saturated carbocycles. The Bertz CT molecular complexity index is 1140. The van der Waals surface area contributed by atoms with Crippen LogP contribution < -0.4 is 10.2 Å². The highest BCUT2D eigenvalue weighted by atomic mass is 19.1. The van der Waals surface area contributed by atoms with Crippen LogP contribution in [0.2, 0.25) is 0 Å². The van der Waals surface area contributed by atoms with Crippen LogP contribution in [0.3, 0.4) is 0 Å². The lowest BCUT2D eigenvalue weighted by molar-refractivity contribution is 0.485. The molecule has 0 radical (unpaired) electrons. The lowest BCUT2D eigenvalue weighted by atomic mass is 10.1. The van der Waals surface area contributed by atoms with Crippen molar-refractivity contribution in [3.05, 3.63) is 48.8 Å². The molecule has 1 atom stereocenters. The van der Waals surface area contributed by atoms with Crippen LogP contribution in [0.1, 0.15) is 6.92 Å². The van der Waals surface area contributed by atoms with E-state index in [1.807, 2.05) is 6.07 Å². The Balaban J connectivity index is 1.52. The molecule has 4 heterocycles. The molecule has 1 fully saturated rings. The van der Waals surface area contributed by atoms with Crippen LogP contribution >= 0.6 is 0 Å². The quantitative estimate of drug-likeness (QED) is 0.589. The number of anilines is 1. The summed E-state index contributed by atoms with van der Waals surface area (Å²) in [5.74, 6) is 0.0254. The standard InChI is InChI=1S/C19H18FN7/c1-12-9-26(5-4-21-12)15-2-3-17-13(6-15)8-22-18(24-17)14-7-16(20)19-25-23-11-27(19)10-14/h2-3,6-8,10-12,21H,4-5,9H2,1H3. The van der Waals surface area contributed by atoms with E-state index in [1.54, 1.807) is 12.4 Å². The number of piperazine rings is 1. The summed E-state index contributed by atoms with van der Waals surface area (Å²) in [6.07, 6.45) is 4.99. The highest BCUT2D eigenvalue weighted by molar-refractivity contribution is 5.83. The molecule has 1 unspecified atom stereocenters.